The van der Waals surface area contributed by atoms with Gasteiger partial charge in [0, 0.05) is 35.1 Å². The van der Waals surface area contributed by atoms with Crippen molar-refractivity contribution in [3.63, 3.8) is 0 Å². The van der Waals surface area contributed by atoms with E-state index in [9.17, 15) is 19.7 Å². The Balaban J connectivity index is 1.73. The fraction of sp³-hybridized carbons (Fsp3) is 0.217. The minimum atomic E-state index is -0.761. The van der Waals surface area contributed by atoms with Crippen molar-refractivity contribution in [3.8, 4) is 0 Å². The first-order valence-corrected chi connectivity index (χ1v) is 9.44. The van der Waals surface area contributed by atoms with Gasteiger partial charge < -0.3 is 9.30 Å². The molecule has 0 N–H and O–H groups in total. The molecule has 0 saturated heterocycles. The zero-order valence-corrected chi connectivity index (χ0v) is 17.0. The molecule has 0 atom stereocenters. The van der Waals surface area contributed by atoms with Crippen LogP contribution in [0.3, 0.4) is 0 Å². The number of benzene rings is 2. The lowest BCUT2D eigenvalue weighted by Gasteiger charge is -2.10. The average molecular weight is 406 g/mol. The number of ether oxygens (including phenoxy) is 1. The summed E-state index contributed by atoms with van der Waals surface area (Å²) in [7, 11) is 0. The lowest BCUT2D eigenvalue weighted by molar-refractivity contribution is -0.385. The summed E-state index contributed by atoms with van der Waals surface area (Å²) >= 11 is 0. The summed E-state index contributed by atoms with van der Waals surface area (Å²) in [5.41, 5.74) is 3.45. The summed E-state index contributed by atoms with van der Waals surface area (Å²) < 4.78 is 7.20. The van der Waals surface area contributed by atoms with E-state index in [1.165, 1.54) is 25.1 Å². The van der Waals surface area contributed by atoms with Crippen LogP contribution in [0.15, 0.2) is 54.6 Å². The van der Waals surface area contributed by atoms with Crippen LogP contribution in [0, 0.1) is 30.9 Å². The van der Waals surface area contributed by atoms with Crippen LogP contribution in [0.4, 0.5) is 5.69 Å². The first-order chi connectivity index (χ1) is 14.3. The summed E-state index contributed by atoms with van der Waals surface area (Å²) in [4.78, 5) is 35.5. The van der Waals surface area contributed by atoms with Crippen molar-refractivity contribution < 1.29 is 19.2 Å². The molecule has 1 heterocycles. The van der Waals surface area contributed by atoms with E-state index in [0.717, 1.165) is 17.0 Å². The highest BCUT2D eigenvalue weighted by Crippen LogP contribution is 2.22. The van der Waals surface area contributed by atoms with Gasteiger partial charge in [-0.1, -0.05) is 36.4 Å². The molecule has 0 amide bonds. The largest absolute Gasteiger partial charge is 0.454 e. The second-order valence-electron chi connectivity index (χ2n) is 7.06. The smallest absolute Gasteiger partial charge is 0.339 e. The Morgan fingerprint density at radius 1 is 1.00 bits per heavy atom. The van der Waals surface area contributed by atoms with Gasteiger partial charge in [-0.3, -0.25) is 14.9 Å². The number of nitro groups is 1. The number of ketones is 1. The number of aryl methyl sites for hydroxylation is 1. The number of rotatable bonds is 7. The van der Waals surface area contributed by atoms with Gasteiger partial charge in [0.15, 0.2) is 6.61 Å². The Morgan fingerprint density at radius 2 is 1.70 bits per heavy atom. The molecule has 3 aromatic rings. The normalized spacial score (nSPS) is 10.6. The molecule has 0 unspecified atom stereocenters. The van der Waals surface area contributed by atoms with Crippen LogP contribution in [0.5, 0.6) is 0 Å². The number of esters is 1. The second-order valence-corrected chi connectivity index (χ2v) is 7.06. The summed E-state index contributed by atoms with van der Waals surface area (Å²) in [5.74, 6) is -1.08. The van der Waals surface area contributed by atoms with Crippen molar-refractivity contribution in [1.29, 1.82) is 0 Å². The first-order valence-electron chi connectivity index (χ1n) is 9.44. The van der Waals surface area contributed by atoms with Crippen LogP contribution < -0.4 is 0 Å². The van der Waals surface area contributed by atoms with Crippen LogP contribution in [0.25, 0.3) is 0 Å². The molecule has 0 aliphatic rings. The molecule has 0 spiro atoms. The fourth-order valence-corrected chi connectivity index (χ4v) is 3.42. The van der Waals surface area contributed by atoms with E-state index in [0.29, 0.717) is 12.1 Å². The first kappa shape index (κ1) is 21.0. The Bertz CT molecular complexity index is 1120. The minimum absolute atomic E-state index is 0.0755. The summed E-state index contributed by atoms with van der Waals surface area (Å²) in [5, 5.41) is 11.0. The van der Waals surface area contributed by atoms with Gasteiger partial charge in [-0.2, -0.15) is 0 Å². The van der Waals surface area contributed by atoms with Crippen LogP contribution >= 0.6 is 0 Å². The molecule has 0 aliphatic heterocycles. The van der Waals surface area contributed by atoms with Gasteiger partial charge in [0.25, 0.3) is 5.69 Å². The van der Waals surface area contributed by atoms with E-state index in [4.69, 9.17) is 4.74 Å². The number of aromatic nitrogens is 1. The van der Waals surface area contributed by atoms with Gasteiger partial charge in [0.05, 0.1) is 10.5 Å². The quantitative estimate of drug-likeness (QED) is 0.251. The van der Waals surface area contributed by atoms with Crippen LogP contribution in [0.2, 0.25) is 0 Å². The maximum atomic E-state index is 12.7. The third kappa shape index (κ3) is 4.30. The minimum Gasteiger partial charge on any atom is -0.454 e. The van der Waals surface area contributed by atoms with Crippen molar-refractivity contribution in [2.75, 3.05) is 6.61 Å². The Morgan fingerprint density at radius 3 is 2.37 bits per heavy atom. The molecule has 7 heteroatoms. The van der Waals surface area contributed by atoms with Crippen LogP contribution in [-0.2, 0) is 11.3 Å². The number of carbonyl (C=O) groups is 2. The molecule has 0 radical (unpaired) electrons. The van der Waals surface area contributed by atoms with Gasteiger partial charge in [0.2, 0.25) is 5.78 Å². The maximum absolute atomic E-state index is 12.7. The highest BCUT2D eigenvalue weighted by Gasteiger charge is 2.21. The highest BCUT2D eigenvalue weighted by atomic mass is 16.6. The number of Topliss-reactive ketones (excluding diaryl/α,β-unsaturated/α-hetero) is 1. The zero-order valence-electron chi connectivity index (χ0n) is 17.0. The van der Waals surface area contributed by atoms with Gasteiger partial charge in [-0.05, 0) is 38.5 Å². The van der Waals surface area contributed by atoms with Gasteiger partial charge in [0.1, 0.15) is 0 Å². The molecule has 154 valence electrons. The molecule has 0 aliphatic carbocycles. The fourth-order valence-electron chi connectivity index (χ4n) is 3.42. The molecule has 0 fully saturated rings. The molecule has 30 heavy (non-hydrogen) atoms. The van der Waals surface area contributed by atoms with Crippen molar-refractivity contribution in [2.45, 2.75) is 27.3 Å². The topological polar surface area (TPSA) is 91.4 Å². The summed E-state index contributed by atoms with van der Waals surface area (Å²) in [6.07, 6.45) is 0. The number of nitro benzene ring substituents is 1. The lowest BCUT2D eigenvalue weighted by Crippen LogP contribution is -2.16. The molecule has 0 saturated carbocycles. The van der Waals surface area contributed by atoms with Crippen molar-refractivity contribution in [3.05, 3.63) is 98.4 Å². The number of hydrogen-bond acceptors (Lipinski definition) is 5. The van der Waals surface area contributed by atoms with Crippen LogP contribution in [0.1, 0.15) is 43.2 Å². The average Bonchev–Trinajstić information content (AvgIpc) is 3.01. The zero-order chi connectivity index (χ0) is 21.8. The van der Waals surface area contributed by atoms with Crippen LogP contribution in [-0.4, -0.2) is 27.8 Å². The van der Waals surface area contributed by atoms with E-state index >= 15 is 0 Å². The molecular weight excluding hydrogens is 384 g/mol. The van der Waals surface area contributed by atoms with Gasteiger partial charge in [-0.25, -0.2) is 4.79 Å². The molecule has 7 nitrogen and oxygen atoms in total. The molecule has 3 rings (SSSR count). The third-order valence-electron chi connectivity index (χ3n) is 5.11. The predicted octanol–water partition coefficient (Wildman–Crippen LogP) is 4.41. The van der Waals surface area contributed by atoms with E-state index in [-0.39, 0.29) is 22.6 Å². The molecule has 2 aromatic carbocycles. The Labute approximate surface area is 174 Å². The molecule has 0 bridgehead atoms. The predicted molar refractivity (Wildman–Crippen MR) is 112 cm³/mol. The Hall–Kier alpha value is -3.74. The lowest BCUT2D eigenvalue weighted by atomic mass is 10.1. The van der Waals surface area contributed by atoms with E-state index in [2.05, 4.69) is 0 Å². The molecule has 1 aromatic heterocycles. The maximum Gasteiger partial charge on any atom is 0.339 e. The second kappa shape index (κ2) is 8.73. The highest BCUT2D eigenvalue weighted by molar-refractivity contribution is 6.00. The van der Waals surface area contributed by atoms with E-state index < -0.39 is 17.5 Å². The summed E-state index contributed by atoms with van der Waals surface area (Å²) in [6.45, 7) is 5.46. The SMILES string of the molecule is Cc1c(C(=O)OCC(=O)c2cc(C)n(Cc3ccccc3)c2C)cccc1[N+](=O)[O-]. The third-order valence-corrected chi connectivity index (χ3v) is 5.11. The van der Waals surface area contributed by atoms with E-state index in [1.807, 2.05) is 48.7 Å². The number of hydrogen-bond donors (Lipinski definition) is 0. The number of nitrogens with zero attached hydrogens (tertiary/aromatic N) is 2. The standard InChI is InChI=1S/C23H22N2O5/c1-15-12-20(17(3)24(15)13-18-8-5-4-6-9-18)22(26)14-30-23(27)19-10-7-11-21(16(19)2)25(28)29/h4-12H,13-14H2,1-3H3. The van der Waals surface area contributed by atoms with Crippen molar-refractivity contribution in [2.24, 2.45) is 0 Å². The van der Waals surface area contributed by atoms with E-state index in [1.54, 1.807) is 6.07 Å². The Kier molecular flexibility index (Phi) is 6.11. The van der Waals surface area contributed by atoms with Crippen molar-refractivity contribution >= 4 is 17.4 Å². The number of carbonyl (C=O) groups excluding carboxylic acids is 2. The monoisotopic (exact) mass is 406 g/mol. The van der Waals surface area contributed by atoms with Crippen molar-refractivity contribution in [1.82, 2.24) is 4.57 Å². The van der Waals surface area contributed by atoms with Gasteiger partial charge in [-0.15, -0.1) is 0 Å². The molecular formula is C23H22N2O5. The summed E-state index contributed by atoms with van der Waals surface area (Å²) in [6, 6.07) is 15.9. The van der Waals surface area contributed by atoms with Gasteiger partial charge >= 0.3 is 5.97 Å².